The molecule has 0 atom stereocenters. The quantitative estimate of drug-likeness (QED) is 0.639. The van der Waals surface area contributed by atoms with Crippen molar-refractivity contribution in [1.82, 2.24) is 0 Å². The number of hydrogen-bond donors (Lipinski definition) is 0. The standard InChI is InChI=1S/C16H17/c1-2-6-13(7-3-1)16-11-10-14-8-4-5-9-15(14)12-16/h4-5,8-9,11-13H,1-3,6-7H2. The van der Waals surface area contributed by atoms with Crippen LogP contribution in [0.1, 0.15) is 43.6 Å². The van der Waals surface area contributed by atoms with E-state index in [-0.39, 0.29) is 0 Å². The van der Waals surface area contributed by atoms with Crippen LogP contribution in [0.3, 0.4) is 0 Å². The normalized spacial score (nSPS) is 17.8. The Labute approximate surface area is 97.3 Å². The molecule has 1 aliphatic carbocycles. The molecule has 2 aromatic rings. The van der Waals surface area contributed by atoms with Crippen LogP contribution in [0.4, 0.5) is 0 Å². The third kappa shape index (κ3) is 1.84. The van der Waals surface area contributed by atoms with Crippen LogP contribution >= 0.6 is 0 Å². The first-order valence-corrected chi connectivity index (χ1v) is 6.34. The first-order valence-electron chi connectivity index (χ1n) is 6.34. The third-order valence-corrected chi connectivity index (χ3v) is 3.75. The molecule has 0 amide bonds. The van der Waals surface area contributed by atoms with Gasteiger partial charge in [-0.15, -0.1) is 0 Å². The summed E-state index contributed by atoms with van der Waals surface area (Å²) >= 11 is 0. The van der Waals surface area contributed by atoms with Gasteiger partial charge in [-0.3, -0.25) is 0 Å². The van der Waals surface area contributed by atoms with E-state index in [1.54, 1.807) is 0 Å². The lowest BCUT2D eigenvalue weighted by molar-refractivity contribution is 0.444. The minimum Gasteiger partial charge on any atom is -0.0616 e. The lowest BCUT2D eigenvalue weighted by Gasteiger charge is -2.22. The number of hydrogen-bond acceptors (Lipinski definition) is 0. The van der Waals surface area contributed by atoms with Gasteiger partial charge in [0.1, 0.15) is 0 Å². The molecule has 0 bridgehead atoms. The average molecular weight is 209 g/mol. The molecule has 0 N–H and O–H groups in total. The predicted octanol–water partition coefficient (Wildman–Crippen LogP) is 4.69. The largest absolute Gasteiger partial charge is 0.0616 e. The van der Waals surface area contributed by atoms with Gasteiger partial charge < -0.3 is 0 Å². The molecule has 0 spiro atoms. The van der Waals surface area contributed by atoms with Crippen LogP contribution in [0.15, 0.2) is 36.4 Å². The van der Waals surface area contributed by atoms with E-state index < -0.39 is 0 Å². The summed E-state index contributed by atoms with van der Waals surface area (Å²) in [5.41, 5.74) is 1.50. The molecule has 16 heavy (non-hydrogen) atoms. The van der Waals surface area contributed by atoms with Gasteiger partial charge >= 0.3 is 0 Å². The zero-order chi connectivity index (χ0) is 10.8. The van der Waals surface area contributed by atoms with Gasteiger partial charge in [-0.05, 0) is 41.2 Å². The molecule has 0 saturated heterocycles. The summed E-state index contributed by atoms with van der Waals surface area (Å²) in [7, 11) is 0. The number of rotatable bonds is 1. The number of fused-ring (bicyclic) bond motifs is 1. The van der Waals surface area contributed by atoms with Gasteiger partial charge in [0.15, 0.2) is 0 Å². The minimum absolute atomic E-state index is 0.787. The Morgan fingerprint density at radius 1 is 1.00 bits per heavy atom. The molecule has 1 saturated carbocycles. The molecule has 1 radical (unpaired) electrons. The van der Waals surface area contributed by atoms with E-state index in [0.717, 1.165) is 5.92 Å². The molecule has 0 aliphatic heterocycles. The molecule has 0 nitrogen and oxygen atoms in total. The topological polar surface area (TPSA) is 0 Å². The highest BCUT2D eigenvalue weighted by atomic mass is 14.2. The van der Waals surface area contributed by atoms with Crippen LogP contribution in [-0.4, -0.2) is 0 Å². The van der Waals surface area contributed by atoms with Crippen molar-refractivity contribution in [2.24, 2.45) is 0 Å². The Kier molecular flexibility index (Phi) is 2.65. The molecular weight excluding hydrogens is 192 g/mol. The van der Waals surface area contributed by atoms with Crippen LogP contribution in [0.25, 0.3) is 10.8 Å². The lowest BCUT2D eigenvalue weighted by atomic mass is 9.83. The maximum Gasteiger partial charge on any atom is -0.00962 e. The van der Waals surface area contributed by atoms with Crippen molar-refractivity contribution in [2.45, 2.75) is 38.0 Å². The van der Waals surface area contributed by atoms with Gasteiger partial charge in [-0.25, -0.2) is 0 Å². The second-order valence-electron chi connectivity index (χ2n) is 4.86. The fraction of sp³-hybridized carbons (Fsp3) is 0.375. The summed E-state index contributed by atoms with van der Waals surface area (Å²) in [5, 5.41) is 2.58. The van der Waals surface area contributed by atoms with E-state index in [0.29, 0.717) is 0 Å². The number of benzene rings is 2. The summed E-state index contributed by atoms with van der Waals surface area (Å²) in [6.45, 7) is 0. The zero-order valence-electron chi connectivity index (χ0n) is 9.58. The third-order valence-electron chi connectivity index (χ3n) is 3.75. The van der Waals surface area contributed by atoms with Crippen LogP contribution in [0.5, 0.6) is 0 Å². The molecule has 3 rings (SSSR count). The Bertz CT molecular complexity index is 478. The Balaban J connectivity index is 1.97. The molecule has 0 heteroatoms. The first kappa shape index (κ1) is 9.89. The van der Waals surface area contributed by atoms with E-state index >= 15 is 0 Å². The smallest absolute Gasteiger partial charge is 0.00962 e. The highest BCUT2D eigenvalue weighted by molar-refractivity contribution is 5.82. The maximum atomic E-state index is 3.42. The van der Waals surface area contributed by atoms with Crippen molar-refractivity contribution in [2.75, 3.05) is 0 Å². The van der Waals surface area contributed by atoms with Crippen molar-refractivity contribution in [3.05, 3.63) is 48.0 Å². The summed E-state index contributed by atoms with van der Waals surface area (Å²) < 4.78 is 0. The van der Waals surface area contributed by atoms with Crippen molar-refractivity contribution < 1.29 is 0 Å². The second kappa shape index (κ2) is 4.29. The van der Waals surface area contributed by atoms with Crippen LogP contribution < -0.4 is 0 Å². The van der Waals surface area contributed by atoms with Crippen molar-refractivity contribution >= 4 is 10.8 Å². The zero-order valence-corrected chi connectivity index (χ0v) is 9.58. The molecule has 0 aromatic heterocycles. The summed E-state index contributed by atoms with van der Waals surface area (Å²) in [5.74, 6) is 0.787. The first-order chi connectivity index (χ1) is 7.93. The SMILES string of the molecule is [c]1cc(C2CCCCC2)cc2ccccc12. The van der Waals surface area contributed by atoms with Crippen LogP contribution in [-0.2, 0) is 0 Å². The average Bonchev–Trinajstić information content (AvgIpc) is 2.39. The van der Waals surface area contributed by atoms with Gasteiger partial charge in [0, 0.05) is 0 Å². The Hall–Kier alpha value is -1.30. The van der Waals surface area contributed by atoms with E-state index in [2.05, 4.69) is 42.5 Å². The molecule has 1 aliphatic rings. The summed E-state index contributed by atoms with van der Waals surface area (Å²) in [6.07, 6.45) is 6.96. The molecule has 2 aromatic carbocycles. The lowest BCUT2D eigenvalue weighted by Crippen LogP contribution is -2.04. The summed E-state index contributed by atoms with van der Waals surface area (Å²) in [6, 6.07) is 16.5. The van der Waals surface area contributed by atoms with Gasteiger partial charge in [0.25, 0.3) is 0 Å². The maximum absolute atomic E-state index is 3.42. The Morgan fingerprint density at radius 2 is 1.81 bits per heavy atom. The molecule has 81 valence electrons. The van der Waals surface area contributed by atoms with E-state index in [4.69, 9.17) is 0 Å². The monoisotopic (exact) mass is 209 g/mol. The van der Waals surface area contributed by atoms with E-state index in [9.17, 15) is 0 Å². The Morgan fingerprint density at radius 3 is 2.69 bits per heavy atom. The van der Waals surface area contributed by atoms with Gasteiger partial charge in [-0.2, -0.15) is 0 Å². The van der Waals surface area contributed by atoms with Crippen LogP contribution in [0.2, 0.25) is 0 Å². The van der Waals surface area contributed by atoms with Gasteiger partial charge in [0.05, 0.1) is 0 Å². The van der Waals surface area contributed by atoms with Crippen molar-refractivity contribution in [3.63, 3.8) is 0 Å². The molecule has 1 fully saturated rings. The van der Waals surface area contributed by atoms with E-state index in [1.807, 2.05) is 0 Å². The molecular formula is C16H17. The van der Waals surface area contributed by atoms with E-state index in [1.165, 1.54) is 48.4 Å². The van der Waals surface area contributed by atoms with Crippen molar-refractivity contribution in [1.29, 1.82) is 0 Å². The fourth-order valence-corrected chi connectivity index (χ4v) is 2.81. The minimum atomic E-state index is 0.787. The molecule has 0 heterocycles. The fourth-order valence-electron chi connectivity index (χ4n) is 2.81. The van der Waals surface area contributed by atoms with Gasteiger partial charge in [0.2, 0.25) is 0 Å². The van der Waals surface area contributed by atoms with Gasteiger partial charge in [-0.1, -0.05) is 55.7 Å². The predicted molar refractivity (Wildman–Crippen MR) is 68.6 cm³/mol. The van der Waals surface area contributed by atoms with Crippen LogP contribution in [0, 0.1) is 6.07 Å². The summed E-state index contributed by atoms with van der Waals surface area (Å²) in [4.78, 5) is 0. The highest BCUT2D eigenvalue weighted by Gasteiger charge is 2.15. The molecule has 0 unspecified atom stereocenters. The van der Waals surface area contributed by atoms with Crippen molar-refractivity contribution in [3.8, 4) is 0 Å². The highest BCUT2D eigenvalue weighted by Crippen LogP contribution is 2.33. The second-order valence-corrected chi connectivity index (χ2v) is 4.86.